The number of nitrogens with two attached hydrogens (primary N) is 1. The number of hydrogen-bond donors (Lipinski definition) is 1. The molecule has 1 atom stereocenters. The van der Waals surface area contributed by atoms with E-state index in [9.17, 15) is 4.79 Å². The molecule has 1 fully saturated rings. The van der Waals surface area contributed by atoms with E-state index in [1.54, 1.807) is 4.90 Å². The van der Waals surface area contributed by atoms with E-state index in [1.807, 2.05) is 20.8 Å². The topological polar surface area (TPSA) is 55.6 Å². The zero-order valence-corrected chi connectivity index (χ0v) is 12.2. The number of ether oxygens (including phenoxy) is 1. The normalized spacial score (nSPS) is 17.4. The van der Waals surface area contributed by atoms with Crippen LogP contribution in [0, 0.1) is 5.92 Å². The van der Waals surface area contributed by atoms with Gasteiger partial charge in [-0.3, -0.25) is 0 Å². The lowest BCUT2D eigenvalue weighted by atomic mass is 10.2. The van der Waals surface area contributed by atoms with Crippen molar-refractivity contribution in [2.45, 2.75) is 65.0 Å². The molecule has 0 bridgehead atoms. The summed E-state index contributed by atoms with van der Waals surface area (Å²) in [5.74, 6) is 0.608. The summed E-state index contributed by atoms with van der Waals surface area (Å²) in [5, 5.41) is 0. The predicted octanol–water partition coefficient (Wildman–Crippen LogP) is 2.76. The second kappa shape index (κ2) is 6.41. The molecule has 0 aromatic heterocycles. The van der Waals surface area contributed by atoms with Crippen molar-refractivity contribution < 1.29 is 9.53 Å². The molecule has 1 saturated carbocycles. The summed E-state index contributed by atoms with van der Waals surface area (Å²) in [5.41, 5.74) is 5.66. The Morgan fingerprint density at radius 1 is 1.44 bits per heavy atom. The van der Waals surface area contributed by atoms with E-state index in [2.05, 4.69) is 6.92 Å². The lowest BCUT2D eigenvalue weighted by Gasteiger charge is -2.29. The average molecular weight is 256 g/mol. The van der Waals surface area contributed by atoms with Crippen LogP contribution >= 0.6 is 0 Å². The lowest BCUT2D eigenvalue weighted by molar-refractivity contribution is 0.0233. The molecule has 4 nitrogen and oxygen atoms in total. The number of amides is 1. The molecule has 18 heavy (non-hydrogen) atoms. The highest BCUT2D eigenvalue weighted by Gasteiger charge is 2.31. The van der Waals surface area contributed by atoms with Gasteiger partial charge in [-0.2, -0.15) is 0 Å². The molecule has 1 unspecified atom stereocenters. The fourth-order valence-electron chi connectivity index (χ4n) is 1.86. The van der Waals surface area contributed by atoms with E-state index in [1.165, 1.54) is 12.8 Å². The van der Waals surface area contributed by atoms with Crippen LogP contribution in [0.4, 0.5) is 4.79 Å². The first-order chi connectivity index (χ1) is 8.33. The molecule has 1 aliphatic carbocycles. The highest BCUT2D eigenvalue weighted by Crippen LogP contribution is 2.32. The minimum atomic E-state index is -0.439. The smallest absolute Gasteiger partial charge is 0.410 e. The molecule has 0 aromatic rings. The Morgan fingerprint density at radius 2 is 2.06 bits per heavy atom. The Bertz CT molecular complexity index is 269. The van der Waals surface area contributed by atoms with Gasteiger partial charge in [0.05, 0.1) is 0 Å². The summed E-state index contributed by atoms with van der Waals surface area (Å²) < 4.78 is 5.43. The molecular formula is C14H28N2O2. The molecule has 1 aliphatic rings. The molecule has 0 aromatic carbocycles. The molecule has 0 spiro atoms. The second-order valence-electron chi connectivity index (χ2n) is 6.28. The van der Waals surface area contributed by atoms with E-state index >= 15 is 0 Å². The van der Waals surface area contributed by atoms with Gasteiger partial charge in [0.15, 0.2) is 0 Å². The third-order valence-electron chi connectivity index (χ3n) is 3.09. The van der Waals surface area contributed by atoms with E-state index in [0.29, 0.717) is 12.5 Å². The van der Waals surface area contributed by atoms with Gasteiger partial charge in [-0.25, -0.2) is 4.79 Å². The number of carbonyl (C=O) groups excluding carboxylic acids is 1. The SMILES string of the molecule is CCCCN(CC(N)C1CC1)C(=O)OC(C)(C)C. The fourth-order valence-corrected chi connectivity index (χ4v) is 1.86. The van der Waals surface area contributed by atoms with Crippen LogP contribution in [-0.4, -0.2) is 35.7 Å². The number of hydrogen-bond acceptors (Lipinski definition) is 3. The maximum Gasteiger partial charge on any atom is 0.410 e. The molecule has 1 rings (SSSR count). The lowest BCUT2D eigenvalue weighted by Crippen LogP contribution is -2.44. The van der Waals surface area contributed by atoms with Crippen molar-refractivity contribution >= 4 is 6.09 Å². The van der Waals surface area contributed by atoms with Crippen LogP contribution in [-0.2, 0) is 4.74 Å². The van der Waals surface area contributed by atoms with Gasteiger partial charge < -0.3 is 15.4 Å². The monoisotopic (exact) mass is 256 g/mol. The first kappa shape index (κ1) is 15.3. The number of nitrogens with zero attached hydrogens (tertiary/aromatic N) is 1. The van der Waals surface area contributed by atoms with Crippen molar-refractivity contribution in [2.75, 3.05) is 13.1 Å². The largest absolute Gasteiger partial charge is 0.444 e. The Morgan fingerprint density at radius 3 is 2.50 bits per heavy atom. The highest BCUT2D eigenvalue weighted by atomic mass is 16.6. The summed E-state index contributed by atoms with van der Waals surface area (Å²) in [4.78, 5) is 13.9. The zero-order chi connectivity index (χ0) is 13.8. The fraction of sp³-hybridized carbons (Fsp3) is 0.929. The molecule has 0 radical (unpaired) electrons. The van der Waals surface area contributed by atoms with Crippen LogP contribution in [0.5, 0.6) is 0 Å². The van der Waals surface area contributed by atoms with Crippen molar-refractivity contribution in [2.24, 2.45) is 11.7 Å². The van der Waals surface area contributed by atoms with E-state index < -0.39 is 5.60 Å². The van der Waals surface area contributed by atoms with Gasteiger partial charge >= 0.3 is 6.09 Å². The summed E-state index contributed by atoms with van der Waals surface area (Å²) in [6.45, 7) is 9.16. The van der Waals surface area contributed by atoms with E-state index in [4.69, 9.17) is 10.5 Å². The highest BCUT2D eigenvalue weighted by molar-refractivity contribution is 5.68. The number of carbonyl (C=O) groups is 1. The number of rotatable bonds is 6. The van der Waals surface area contributed by atoms with Crippen LogP contribution in [0.15, 0.2) is 0 Å². The van der Waals surface area contributed by atoms with Gasteiger partial charge in [0.25, 0.3) is 0 Å². The van der Waals surface area contributed by atoms with Gasteiger partial charge in [-0.15, -0.1) is 0 Å². The molecular weight excluding hydrogens is 228 g/mol. The predicted molar refractivity (Wildman–Crippen MR) is 73.4 cm³/mol. The Kier molecular flexibility index (Phi) is 5.45. The maximum absolute atomic E-state index is 12.1. The van der Waals surface area contributed by atoms with Crippen LogP contribution < -0.4 is 5.73 Å². The summed E-state index contributed by atoms with van der Waals surface area (Å²) in [7, 11) is 0. The van der Waals surface area contributed by atoms with Crippen LogP contribution in [0.2, 0.25) is 0 Å². The van der Waals surface area contributed by atoms with Gasteiger partial charge in [0.2, 0.25) is 0 Å². The minimum absolute atomic E-state index is 0.106. The first-order valence-corrected chi connectivity index (χ1v) is 7.07. The van der Waals surface area contributed by atoms with Gasteiger partial charge in [0, 0.05) is 19.1 Å². The zero-order valence-electron chi connectivity index (χ0n) is 12.2. The quantitative estimate of drug-likeness (QED) is 0.795. The van der Waals surface area contributed by atoms with Crippen molar-refractivity contribution in [1.82, 2.24) is 4.90 Å². The first-order valence-electron chi connectivity index (χ1n) is 7.07. The molecule has 4 heteroatoms. The average Bonchev–Trinajstić information content (AvgIpc) is 3.04. The van der Waals surface area contributed by atoms with Crippen molar-refractivity contribution in [3.05, 3.63) is 0 Å². The summed E-state index contributed by atoms with van der Waals surface area (Å²) in [6, 6.07) is 0.106. The standard InChI is InChI=1S/C14H28N2O2/c1-5-6-9-16(10-12(15)11-7-8-11)13(17)18-14(2,3)4/h11-12H,5-10,15H2,1-4H3. The third kappa shape index (κ3) is 5.71. The minimum Gasteiger partial charge on any atom is -0.444 e. The maximum atomic E-state index is 12.1. The molecule has 2 N–H and O–H groups in total. The molecule has 0 heterocycles. The molecule has 1 amide bonds. The van der Waals surface area contributed by atoms with Crippen LogP contribution in [0.3, 0.4) is 0 Å². The summed E-state index contributed by atoms with van der Waals surface area (Å²) >= 11 is 0. The third-order valence-corrected chi connectivity index (χ3v) is 3.09. The molecule has 0 aliphatic heterocycles. The Hall–Kier alpha value is -0.770. The van der Waals surface area contributed by atoms with E-state index in [-0.39, 0.29) is 12.1 Å². The van der Waals surface area contributed by atoms with Crippen molar-refractivity contribution in [3.8, 4) is 0 Å². The molecule has 0 saturated heterocycles. The molecule has 106 valence electrons. The Balaban J connectivity index is 2.49. The van der Waals surface area contributed by atoms with Gasteiger partial charge in [-0.05, 0) is 46.0 Å². The van der Waals surface area contributed by atoms with Crippen molar-refractivity contribution in [1.29, 1.82) is 0 Å². The van der Waals surface area contributed by atoms with Crippen LogP contribution in [0.25, 0.3) is 0 Å². The van der Waals surface area contributed by atoms with Gasteiger partial charge in [-0.1, -0.05) is 13.3 Å². The van der Waals surface area contributed by atoms with E-state index in [0.717, 1.165) is 19.4 Å². The number of unbranched alkanes of at least 4 members (excludes halogenated alkanes) is 1. The summed E-state index contributed by atoms with van der Waals surface area (Å²) in [6.07, 6.45) is 4.25. The van der Waals surface area contributed by atoms with Gasteiger partial charge in [0.1, 0.15) is 5.60 Å². The second-order valence-corrected chi connectivity index (χ2v) is 6.28. The van der Waals surface area contributed by atoms with Crippen LogP contribution in [0.1, 0.15) is 53.4 Å². The van der Waals surface area contributed by atoms with Crippen molar-refractivity contribution in [3.63, 3.8) is 0 Å². The Labute approximate surface area is 111 Å².